The molecule has 9 aromatic carbocycles. The summed E-state index contributed by atoms with van der Waals surface area (Å²) in [5, 5.41) is 7.04. The molecule has 0 saturated carbocycles. The molecule has 0 radical (unpaired) electrons. The van der Waals surface area contributed by atoms with E-state index in [2.05, 4.69) is 185 Å². The van der Waals surface area contributed by atoms with Gasteiger partial charge in [0.1, 0.15) is 11.2 Å². The van der Waals surface area contributed by atoms with Gasteiger partial charge in [-0.3, -0.25) is 0 Å². The topological polar surface area (TPSA) is 61.7 Å². The number of benzene rings is 9. The quantitative estimate of drug-likeness (QED) is 0.168. The van der Waals surface area contributed by atoms with Crippen LogP contribution in [0.25, 0.3) is 122 Å². The Morgan fingerprint density at radius 3 is 1.40 bits per heavy atom. The van der Waals surface area contributed by atoms with Gasteiger partial charge in [0.25, 0.3) is 0 Å². The number of hydrogen-bond donors (Lipinski definition) is 0. The molecule has 0 amide bonds. The summed E-state index contributed by atoms with van der Waals surface area (Å²) in [7, 11) is 0. The molecule has 0 spiro atoms. The van der Waals surface area contributed by atoms with E-state index in [-0.39, 0.29) is 0 Å². The minimum Gasteiger partial charge on any atom is -0.455 e. The van der Waals surface area contributed by atoms with Crippen LogP contribution < -0.4 is 0 Å². The van der Waals surface area contributed by atoms with Gasteiger partial charge in [0.15, 0.2) is 17.5 Å². The Bertz CT molecular complexity index is 3810. The van der Waals surface area contributed by atoms with Crippen molar-refractivity contribution in [2.75, 3.05) is 0 Å². The molecule has 63 heavy (non-hydrogen) atoms. The second-order valence-electron chi connectivity index (χ2n) is 16.0. The van der Waals surface area contributed by atoms with E-state index in [0.29, 0.717) is 17.5 Å². The van der Waals surface area contributed by atoms with Crippen LogP contribution in [-0.2, 0) is 0 Å². The highest BCUT2D eigenvalue weighted by atomic mass is 16.3. The van der Waals surface area contributed by atoms with Crippen molar-refractivity contribution in [2.45, 2.75) is 0 Å². The first-order chi connectivity index (χ1) is 31.2. The fourth-order valence-corrected chi connectivity index (χ4v) is 9.54. The zero-order valence-electron chi connectivity index (χ0n) is 33.9. The molecule has 6 heteroatoms. The van der Waals surface area contributed by atoms with Crippen LogP contribution in [0.4, 0.5) is 0 Å². The molecule has 4 aromatic heterocycles. The third-order valence-electron chi connectivity index (χ3n) is 12.4. The monoisotopic (exact) mass is 805 g/mol. The van der Waals surface area contributed by atoms with Crippen LogP contribution >= 0.6 is 0 Å². The average molecular weight is 806 g/mol. The van der Waals surface area contributed by atoms with Crippen LogP contribution in [-0.4, -0.2) is 24.1 Å². The number of rotatable bonds is 6. The summed E-state index contributed by atoms with van der Waals surface area (Å²) in [6, 6.07) is 74.3. The Morgan fingerprint density at radius 1 is 0.333 bits per heavy atom. The highest BCUT2D eigenvalue weighted by Crippen LogP contribution is 2.43. The first kappa shape index (κ1) is 35.2. The average Bonchev–Trinajstić information content (AvgIpc) is 4.03. The van der Waals surface area contributed by atoms with E-state index in [1.165, 1.54) is 21.5 Å². The summed E-state index contributed by atoms with van der Waals surface area (Å²) in [4.78, 5) is 15.3. The van der Waals surface area contributed by atoms with Crippen molar-refractivity contribution >= 4 is 65.6 Å². The summed E-state index contributed by atoms with van der Waals surface area (Å²) in [6.45, 7) is 0. The second-order valence-corrected chi connectivity index (χ2v) is 16.0. The molecule has 0 fully saturated rings. The molecule has 0 atom stereocenters. The molecule has 0 N–H and O–H groups in total. The molecule has 294 valence electrons. The maximum absolute atomic E-state index is 6.78. The fraction of sp³-hybridized carbons (Fsp3) is 0. The Hall–Kier alpha value is -8.61. The summed E-state index contributed by atoms with van der Waals surface area (Å²) >= 11 is 0. The van der Waals surface area contributed by atoms with E-state index in [1.54, 1.807) is 0 Å². The van der Waals surface area contributed by atoms with Crippen molar-refractivity contribution in [3.05, 3.63) is 212 Å². The number of furan rings is 1. The molecule has 0 aliphatic heterocycles. The van der Waals surface area contributed by atoms with Crippen LogP contribution in [0, 0.1) is 0 Å². The first-order valence-electron chi connectivity index (χ1n) is 21.2. The highest BCUT2D eigenvalue weighted by Gasteiger charge is 2.21. The van der Waals surface area contributed by atoms with Gasteiger partial charge in [-0.2, -0.15) is 0 Å². The predicted molar refractivity (Wildman–Crippen MR) is 258 cm³/mol. The largest absolute Gasteiger partial charge is 0.455 e. The van der Waals surface area contributed by atoms with Crippen LogP contribution in [0.1, 0.15) is 0 Å². The molecule has 13 aromatic rings. The molecule has 4 heterocycles. The van der Waals surface area contributed by atoms with Gasteiger partial charge < -0.3 is 13.6 Å². The Morgan fingerprint density at radius 2 is 0.794 bits per heavy atom. The zero-order chi connectivity index (χ0) is 41.4. The molecular weight excluding hydrogens is 771 g/mol. The van der Waals surface area contributed by atoms with Crippen LogP contribution in [0.3, 0.4) is 0 Å². The van der Waals surface area contributed by atoms with Gasteiger partial charge in [-0.25, -0.2) is 15.0 Å². The minimum absolute atomic E-state index is 0.600. The van der Waals surface area contributed by atoms with Gasteiger partial charge in [0.05, 0.1) is 33.1 Å². The third kappa shape index (κ3) is 5.55. The normalized spacial score (nSPS) is 11.8. The Labute approximate surface area is 361 Å². The van der Waals surface area contributed by atoms with Crippen molar-refractivity contribution in [3.8, 4) is 56.7 Å². The zero-order valence-corrected chi connectivity index (χ0v) is 33.9. The summed E-state index contributed by atoms with van der Waals surface area (Å²) in [6.07, 6.45) is 0. The lowest BCUT2D eigenvalue weighted by molar-refractivity contribution is 0.670. The summed E-state index contributed by atoms with van der Waals surface area (Å²) < 4.78 is 11.5. The molecule has 0 unspecified atom stereocenters. The van der Waals surface area contributed by atoms with Crippen LogP contribution in [0.5, 0.6) is 0 Å². The fourth-order valence-electron chi connectivity index (χ4n) is 9.54. The molecular formula is C57H35N5O. The van der Waals surface area contributed by atoms with Crippen molar-refractivity contribution in [1.29, 1.82) is 0 Å². The van der Waals surface area contributed by atoms with Gasteiger partial charge in [0, 0.05) is 54.9 Å². The van der Waals surface area contributed by atoms with Gasteiger partial charge in [-0.1, -0.05) is 158 Å². The Balaban J connectivity index is 0.942. The van der Waals surface area contributed by atoms with Crippen molar-refractivity contribution in [1.82, 2.24) is 24.1 Å². The predicted octanol–water partition coefficient (Wildman–Crippen LogP) is 14.6. The lowest BCUT2D eigenvalue weighted by Gasteiger charge is -2.13. The smallest absolute Gasteiger partial charge is 0.164 e. The van der Waals surface area contributed by atoms with Crippen LogP contribution in [0.15, 0.2) is 217 Å². The van der Waals surface area contributed by atoms with Crippen molar-refractivity contribution in [2.24, 2.45) is 0 Å². The lowest BCUT2D eigenvalue weighted by Crippen LogP contribution is -2.01. The van der Waals surface area contributed by atoms with E-state index in [1.807, 2.05) is 36.4 Å². The summed E-state index contributed by atoms with van der Waals surface area (Å²) in [5.41, 5.74) is 13.2. The minimum atomic E-state index is 0.600. The number of hydrogen-bond acceptors (Lipinski definition) is 4. The standard InChI is InChI=1S/C57H35N5O/c1-2-15-37(16-3-1)55-58-56(60-57(59-55)39-17-14-18-40(35-39)61-47-24-9-4-19-42(47)43-20-5-10-25-48(43)61)38-31-29-36(30-32-38)41-33-34-51(53-46-23-8-13-28-52(46)63-54(41)53)62-49-26-11-6-21-44(49)45-22-7-12-27-50(45)62/h1-35H. The maximum Gasteiger partial charge on any atom is 0.164 e. The number of aromatic nitrogens is 5. The van der Waals surface area contributed by atoms with Gasteiger partial charge >= 0.3 is 0 Å². The number of para-hydroxylation sites is 5. The summed E-state index contributed by atoms with van der Waals surface area (Å²) in [5.74, 6) is 1.82. The molecule has 6 nitrogen and oxygen atoms in total. The molecule has 0 aliphatic carbocycles. The van der Waals surface area contributed by atoms with Crippen molar-refractivity contribution < 1.29 is 4.42 Å². The molecule has 13 rings (SSSR count). The Kier molecular flexibility index (Phi) is 7.80. The SMILES string of the molecule is c1ccc(-c2nc(-c3ccc(-c4ccc(-n5c6ccccc6c6ccccc65)c5c4oc4ccccc45)cc3)nc(-c3cccc(-n4c5ccccc5c5ccccc54)c3)n2)cc1. The number of fused-ring (bicyclic) bond motifs is 9. The van der Waals surface area contributed by atoms with Gasteiger partial charge in [-0.05, 0) is 60.2 Å². The van der Waals surface area contributed by atoms with E-state index in [4.69, 9.17) is 19.4 Å². The molecule has 0 saturated heterocycles. The van der Waals surface area contributed by atoms with Crippen molar-refractivity contribution in [3.63, 3.8) is 0 Å². The molecule has 0 aliphatic rings. The third-order valence-corrected chi connectivity index (χ3v) is 12.4. The first-order valence-corrected chi connectivity index (χ1v) is 21.2. The highest BCUT2D eigenvalue weighted by molar-refractivity contribution is 6.17. The molecule has 0 bridgehead atoms. The van der Waals surface area contributed by atoms with E-state index >= 15 is 0 Å². The van der Waals surface area contributed by atoms with E-state index < -0.39 is 0 Å². The van der Waals surface area contributed by atoms with Gasteiger partial charge in [-0.15, -0.1) is 0 Å². The number of nitrogens with zero attached hydrogens (tertiary/aromatic N) is 5. The van der Waals surface area contributed by atoms with E-state index in [9.17, 15) is 0 Å². The van der Waals surface area contributed by atoms with Gasteiger partial charge in [0.2, 0.25) is 0 Å². The lowest BCUT2D eigenvalue weighted by atomic mass is 9.99. The van der Waals surface area contributed by atoms with Crippen LogP contribution in [0.2, 0.25) is 0 Å². The maximum atomic E-state index is 6.78. The second kappa shape index (κ2) is 14.0. The van der Waals surface area contributed by atoms with E-state index in [0.717, 1.165) is 83.2 Å².